The molecule has 1 unspecified atom stereocenters. The van der Waals surface area contributed by atoms with E-state index in [1.165, 1.54) is 27.7 Å². The van der Waals surface area contributed by atoms with Crippen molar-refractivity contribution >= 4 is 10.9 Å². The van der Waals surface area contributed by atoms with E-state index in [1.54, 1.807) is 0 Å². The van der Waals surface area contributed by atoms with Crippen LogP contribution in [0.4, 0.5) is 0 Å². The zero-order valence-electron chi connectivity index (χ0n) is 12.0. The molecular weight excluding hydrogens is 220 g/mol. The van der Waals surface area contributed by atoms with E-state index in [1.807, 2.05) is 0 Å². The molecule has 2 heteroatoms. The highest BCUT2D eigenvalue weighted by Gasteiger charge is 2.14. The van der Waals surface area contributed by atoms with Gasteiger partial charge in [-0.3, -0.25) is 0 Å². The molecule has 0 fully saturated rings. The fraction of sp³-hybridized carbons (Fsp3) is 0.500. The van der Waals surface area contributed by atoms with Crippen molar-refractivity contribution in [3.8, 4) is 0 Å². The minimum absolute atomic E-state index is 0.214. The normalized spacial score (nSPS) is 13.2. The van der Waals surface area contributed by atoms with E-state index in [4.69, 9.17) is 5.73 Å². The minimum Gasteiger partial charge on any atom is -0.345 e. The van der Waals surface area contributed by atoms with Gasteiger partial charge in [0.05, 0.1) is 0 Å². The second-order valence-corrected chi connectivity index (χ2v) is 5.42. The molecule has 0 aliphatic rings. The third-order valence-corrected chi connectivity index (χ3v) is 3.58. The lowest BCUT2D eigenvalue weighted by atomic mass is 10.0. The molecule has 2 N–H and O–H groups in total. The second kappa shape index (κ2) is 5.15. The number of hydrogen-bond acceptors (Lipinski definition) is 1. The van der Waals surface area contributed by atoms with Gasteiger partial charge < -0.3 is 10.3 Å². The smallest absolute Gasteiger partial charge is 0.0487 e. The first-order chi connectivity index (χ1) is 8.54. The first-order valence-corrected chi connectivity index (χ1v) is 6.88. The van der Waals surface area contributed by atoms with Gasteiger partial charge in [0.1, 0.15) is 0 Å². The molecule has 1 aromatic carbocycles. The van der Waals surface area contributed by atoms with E-state index in [2.05, 4.69) is 50.5 Å². The Bertz CT molecular complexity index is 550. The van der Waals surface area contributed by atoms with Crippen molar-refractivity contribution in [3.63, 3.8) is 0 Å². The topological polar surface area (TPSA) is 30.9 Å². The third kappa shape index (κ3) is 2.30. The van der Waals surface area contributed by atoms with E-state index in [9.17, 15) is 0 Å². The average Bonchev–Trinajstić information content (AvgIpc) is 2.54. The lowest BCUT2D eigenvalue weighted by molar-refractivity contribution is 0.672. The summed E-state index contributed by atoms with van der Waals surface area (Å²) in [4.78, 5) is 0. The molecule has 0 saturated carbocycles. The van der Waals surface area contributed by atoms with E-state index in [0.717, 1.165) is 19.4 Å². The molecule has 2 rings (SSSR count). The van der Waals surface area contributed by atoms with Crippen LogP contribution in [0.1, 0.15) is 37.1 Å². The minimum atomic E-state index is 0.214. The Morgan fingerprint density at radius 2 is 2.00 bits per heavy atom. The van der Waals surface area contributed by atoms with Crippen LogP contribution in [0.2, 0.25) is 0 Å². The molecule has 0 aliphatic carbocycles. The quantitative estimate of drug-likeness (QED) is 0.876. The predicted octanol–water partition coefficient (Wildman–Crippen LogP) is 3.56. The molecule has 0 aliphatic heterocycles. The van der Waals surface area contributed by atoms with Gasteiger partial charge in [0.15, 0.2) is 0 Å². The van der Waals surface area contributed by atoms with Gasteiger partial charge in [-0.1, -0.05) is 19.1 Å². The van der Waals surface area contributed by atoms with Crippen molar-refractivity contribution in [1.29, 1.82) is 0 Å². The lowest BCUT2D eigenvalue weighted by Gasteiger charge is -2.08. The summed E-state index contributed by atoms with van der Waals surface area (Å²) in [7, 11) is 0. The lowest BCUT2D eigenvalue weighted by Crippen LogP contribution is -2.18. The Hall–Kier alpha value is -1.28. The van der Waals surface area contributed by atoms with Crippen LogP contribution in [-0.2, 0) is 13.0 Å². The number of hydrogen-bond donors (Lipinski definition) is 1. The first kappa shape index (κ1) is 13.2. The summed E-state index contributed by atoms with van der Waals surface area (Å²) in [5.74, 6) is 0. The van der Waals surface area contributed by atoms with Gasteiger partial charge >= 0.3 is 0 Å². The fourth-order valence-corrected chi connectivity index (χ4v) is 2.75. The molecule has 1 atom stereocenters. The van der Waals surface area contributed by atoms with Crippen LogP contribution in [0.25, 0.3) is 10.9 Å². The van der Waals surface area contributed by atoms with E-state index >= 15 is 0 Å². The summed E-state index contributed by atoms with van der Waals surface area (Å²) in [6, 6.07) is 6.96. The molecule has 2 nitrogen and oxygen atoms in total. The number of aromatic nitrogens is 1. The average molecular weight is 244 g/mol. The fourth-order valence-electron chi connectivity index (χ4n) is 2.75. The molecule has 98 valence electrons. The van der Waals surface area contributed by atoms with Crippen LogP contribution >= 0.6 is 0 Å². The summed E-state index contributed by atoms with van der Waals surface area (Å²) in [5, 5.41) is 1.38. The molecule has 0 amide bonds. The van der Waals surface area contributed by atoms with Crippen LogP contribution in [-0.4, -0.2) is 10.6 Å². The molecule has 2 aromatic rings. The monoisotopic (exact) mass is 244 g/mol. The molecule has 0 radical (unpaired) electrons. The van der Waals surface area contributed by atoms with Crippen LogP contribution in [0, 0.1) is 13.8 Å². The van der Waals surface area contributed by atoms with Gasteiger partial charge in [-0.2, -0.15) is 0 Å². The maximum atomic E-state index is 5.99. The van der Waals surface area contributed by atoms with Gasteiger partial charge in [0.2, 0.25) is 0 Å². The Balaban J connectivity index is 2.66. The predicted molar refractivity (Wildman–Crippen MR) is 79.1 cm³/mol. The molecular formula is C16H24N2. The van der Waals surface area contributed by atoms with Crippen molar-refractivity contribution in [3.05, 3.63) is 35.0 Å². The highest BCUT2D eigenvalue weighted by atomic mass is 15.0. The summed E-state index contributed by atoms with van der Waals surface area (Å²) < 4.78 is 2.44. The van der Waals surface area contributed by atoms with Crippen molar-refractivity contribution in [2.75, 3.05) is 0 Å². The van der Waals surface area contributed by atoms with Crippen LogP contribution in [0.15, 0.2) is 18.2 Å². The van der Waals surface area contributed by atoms with Crippen LogP contribution in [0.3, 0.4) is 0 Å². The van der Waals surface area contributed by atoms with Gasteiger partial charge in [-0.05, 0) is 50.8 Å². The number of benzene rings is 1. The number of fused-ring (bicyclic) bond motifs is 1. The second-order valence-electron chi connectivity index (χ2n) is 5.42. The summed E-state index contributed by atoms with van der Waals surface area (Å²) >= 11 is 0. The standard InChI is InChI=1S/C16H24N2/c1-5-8-18-13(4)15(10-12(3)17)14-7-6-11(2)9-16(14)18/h6-7,9,12H,5,8,10,17H2,1-4H3. The van der Waals surface area contributed by atoms with Crippen LogP contribution < -0.4 is 5.73 Å². The molecule has 0 saturated heterocycles. The van der Waals surface area contributed by atoms with E-state index < -0.39 is 0 Å². The Morgan fingerprint density at radius 1 is 1.28 bits per heavy atom. The van der Waals surface area contributed by atoms with E-state index in [-0.39, 0.29) is 6.04 Å². The third-order valence-electron chi connectivity index (χ3n) is 3.58. The maximum absolute atomic E-state index is 5.99. The van der Waals surface area contributed by atoms with Gasteiger partial charge in [0.25, 0.3) is 0 Å². The SMILES string of the molecule is CCCn1c(C)c(CC(C)N)c2ccc(C)cc21. The molecule has 18 heavy (non-hydrogen) atoms. The van der Waals surface area contributed by atoms with Crippen molar-refractivity contribution in [2.45, 2.75) is 53.1 Å². The molecule has 1 heterocycles. The number of nitrogens with zero attached hydrogens (tertiary/aromatic N) is 1. The highest BCUT2D eigenvalue weighted by molar-refractivity contribution is 5.86. The molecule has 1 aromatic heterocycles. The Labute approximate surface area is 110 Å². The Morgan fingerprint density at radius 3 is 2.61 bits per heavy atom. The number of nitrogens with two attached hydrogens (primary N) is 1. The highest BCUT2D eigenvalue weighted by Crippen LogP contribution is 2.28. The van der Waals surface area contributed by atoms with Crippen molar-refractivity contribution in [1.82, 2.24) is 4.57 Å². The maximum Gasteiger partial charge on any atom is 0.0487 e. The summed E-state index contributed by atoms with van der Waals surface area (Å²) in [6.07, 6.45) is 2.12. The van der Waals surface area contributed by atoms with E-state index in [0.29, 0.717) is 0 Å². The van der Waals surface area contributed by atoms with Crippen molar-refractivity contribution < 1.29 is 0 Å². The summed E-state index contributed by atoms with van der Waals surface area (Å²) in [5.41, 5.74) is 11.5. The number of rotatable bonds is 4. The zero-order valence-corrected chi connectivity index (χ0v) is 12.0. The molecule has 0 spiro atoms. The van der Waals surface area contributed by atoms with Crippen LogP contribution in [0.5, 0.6) is 0 Å². The van der Waals surface area contributed by atoms with Crippen molar-refractivity contribution in [2.24, 2.45) is 5.73 Å². The first-order valence-electron chi connectivity index (χ1n) is 6.88. The van der Waals surface area contributed by atoms with Gasteiger partial charge in [-0.25, -0.2) is 0 Å². The van der Waals surface area contributed by atoms with Gasteiger partial charge in [-0.15, -0.1) is 0 Å². The number of aryl methyl sites for hydroxylation is 2. The largest absolute Gasteiger partial charge is 0.345 e. The Kier molecular flexibility index (Phi) is 3.76. The van der Waals surface area contributed by atoms with Gasteiger partial charge in [0, 0.05) is 29.2 Å². The summed E-state index contributed by atoms with van der Waals surface area (Å²) in [6.45, 7) is 9.78. The molecule has 0 bridgehead atoms. The zero-order chi connectivity index (χ0) is 13.3.